The second-order valence-corrected chi connectivity index (χ2v) is 9.31. The third kappa shape index (κ3) is 6.11. The van der Waals surface area contributed by atoms with Crippen LogP contribution in [0.1, 0.15) is 17.3 Å². The number of esters is 1. The molecule has 0 spiro atoms. The van der Waals surface area contributed by atoms with Gasteiger partial charge in [0.05, 0.1) is 11.9 Å². The summed E-state index contributed by atoms with van der Waals surface area (Å²) < 4.78 is 29.3. The molecular formula is C19H21NO5S2. The summed E-state index contributed by atoms with van der Waals surface area (Å²) >= 11 is 1.36. The number of sulfonamides is 1. The van der Waals surface area contributed by atoms with Gasteiger partial charge in [-0.15, -0.1) is 11.8 Å². The molecule has 0 unspecified atom stereocenters. The summed E-state index contributed by atoms with van der Waals surface area (Å²) in [4.78, 5) is 25.2. The number of ketones is 1. The van der Waals surface area contributed by atoms with Gasteiger partial charge >= 0.3 is 5.97 Å². The summed E-state index contributed by atoms with van der Waals surface area (Å²) in [5, 5.41) is -0.439. The second kappa shape index (κ2) is 9.05. The minimum atomic E-state index is -3.37. The highest BCUT2D eigenvalue weighted by atomic mass is 32.2. The van der Waals surface area contributed by atoms with Gasteiger partial charge in [-0.25, -0.2) is 8.42 Å². The van der Waals surface area contributed by atoms with Gasteiger partial charge in [-0.2, -0.15) is 0 Å². The summed E-state index contributed by atoms with van der Waals surface area (Å²) in [5.41, 5.74) is 0.788. The molecule has 0 aliphatic carbocycles. The van der Waals surface area contributed by atoms with Gasteiger partial charge in [0.2, 0.25) is 10.0 Å². The number of anilines is 1. The van der Waals surface area contributed by atoms with Crippen LogP contribution in [0.15, 0.2) is 59.5 Å². The number of hydrogen-bond acceptors (Lipinski definition) is 6. The van der Waals surface area contributed by atoms with E-state index in [4.69, 9.17) is 4.74 Å². The van der Waals surface area contributed by atoms with Crippen LogP contribution in [0.2, 0.25) is 0 Å². The van der Waals surface area contributed by atoms with E-state index in [0.29, 0.717) is 11.3 Å². The van der Waals surface area contributed by atoms with Crippen LogP contribution >= 0.6 is 11.8 Å². The fourth-order valence-corrected chi connectivity index (χ4v) is 3.53. The van der Waals surface area contributed by atoms with Crippen molar-refractivity contribution in [3.05, 3.63) is 60.2 Å². The van der Waals surface area contributed by atoms with E-state index in [1.165, 1.54) is 43.1 Å². The molecule has 0 saturated carbocycles. The van der Waals surface area contributed by atoms with Crippen molar-refractivity contribution in [3.8, 4) is 0 Å². The van der Waals surface area contributed by atoms with E-state index in [1.54, 1.807) is 6.92 Å². The summed E-state index contributed by atoms with van der Waals surface area (Å²) in [7, 11) is -1.94. The number of carbonyl (C=O) groups is 2. The Morgan fingerprint density at radius 1 is 1.07 bits per heavy atom. The van der Waals surface area contributed by atoms with Crippen molar-refractivity contribution < 1.29 is 22.7 Å². The van der Waals surface area contributed by atoms with Crippen molar-refractivity contribution in [2.75, 3.05) is 24.2 Å². The lowest BCUT2D eigenvalue weighted by Gasteiger charge is -2.16. The zero-order chi connectivity index (χ0) is 20.0. The number of hydrogen-bond donors (Lipinski definition) is 0. The van der Waals surface area contributed by atoms with Crippen LogP contribution in [0.25, 0.3) is 0 Å². The predicted molar refractivity (Wildman–Crippen MR) is 107 cm³/mol. The van der Waals surface area contributed by atoms with E-state index < -0.39 is 21.2 Å². The fraction of sp³-hybridized carbons (Fsp3) is 0.263. The van der Waals surface area contributed by atoms with Crippen LogP contribution in [-0.4, -0.2) is 45.3 Å². The van der Waals surface area contributed by atoms with Crippen LogP contribution in [0.5, 0.6) is 0 Å². The lowest BCUT2D eigenvalue weighted by Crippen LogP contribution is -2.25. The molecule has 0 amide bonds. The van der Waals surface area contributed by atoms with E-state index in [-0.39, 0.29) is 12.4 Å². The smallest absolute Gasteiger partial charge is 0.319 e. The van der Waals surface area contributed by atoms with Gasteiger partial charge in [0, 0.05) is 17.5 Å². The number of thioether (sulfide) groups is 1. The lowest BCUT2D eigenvalue weighted by atomic mass is 10.1. The molecule has 6 nitrogen and oxygen atoms in total. The molecule has 0 aliphatic heterocycles. The zero-order valence-corrected chi connectivity index (χ0v) is 16.9. The van der Waals surface area contributed by atoms with E-state index in [9.17, 15) is 18.0 Å². The molecule has 0 aliphatic rings. The van der Waals surface area contributed by atoms with Gasteiger partial charge in [0.1, 0.15) is 5.25 Å². The van der Waals surface area contributed by atoms with E-state index >= 15 is 0 Å². The Morgan fingerprint density at radius 3 is 2.22 bits per heavy atom. The van der Waals surface area contributed by atoms with E-state index in [0.717, 1.165) is 15.5 Å². The normalized spacial score (nSPS) is 12.3. The van der Waals surface area contributed by atoms with Gasteiger partial charge in [0.25, 0.3) is 0 Å². The third-order valence-electron chi connectivity index (χ3n) is 3.78. The number of carbonyl (C=O) groups excluding carboxylic acids is 2. The summed E-state index contributed by atoms with van der Waals surface area (Å²) in [6.45, 7) is 1.36. The van der Waals surface area contributed by atoms with Gasteiger partial charge in [-0.1, -0.05) is 18.2 Å². The quantitative estimate of drug-likeness (QED) is 0.380. The highest BCUT2D eigenvalue weighted by Gasteiger charge is 2.18. The number of nitrogens with zero attached hydrogens (tertiary/aromatic N) is 1. The zero-order valence-electron chi connectivity index (χ0n) is 15.3. The molecule has 27 heavy (non-hydrogen) atoms. The molecule has 0 saturated heterocycles. The third-order valence-corrected chi connectivity index (χ3v) is 6.08. The molecule has 2 aromatic carbocycles. The first-order valence-electron chi connectivity index (χ1n) is 8.14. The van der Waals surface area contributed by atoms with Crippen LogP contribution in [0.3, 0.4) is 0 Å². The molecule has 2 rings (SSSR count). The van der Waals surface area contributed by atoms with Crippen molar-refractivity contribution in [1.82, 2.24) is 0 Å². The average molecular weight is 408 g/mol. The largest absolute Gasteiger partial charge is 0.456 e. The molecular weight excluding hydrogens is 386 g/mol. The first kappa shape index (κ1) is 21.0. The van der Waals surface area contributed by atoms with Crippen LogP contribution < -0.4 is 4.31 Å². The Balaban J connectivity index is 1.90. The monoisotopic (exact) mass is 407 g/mol. The molecule has 0 heterocycles. The number of Topliss-reactive ketones (excluding diaryl/α,β-unsaturated/α-hetero) is 1. The summed E-state index contributed by atoms with van der Waals surface area (Å²) in [6.07, 6.45) is 1.10. The van der Waals surface area contributed by atoms with Crippen LogP contribution in [-0.2, 0) is 19.6 Å². The van der Waals surface area contributed by atoms with Gasteiger partial charge in [0.15, 0.2) is 12.4 Å². The van der Waals surface area contributed by atoms with Crippen molar-refractivity contribution >= 4 is 39.2 Å². The predicted octanol–water partition coefficient (Wildman–Crippen LogP) is 2.99. The first-order chi connectivity index (χ1) is 12.7. The number of ether oxygens (including phenoxy) is 1. The standard InChI is InChI=1S/C19H21NO5S2/c1-14(26-17-7-5-4-6-8-17)19(22)25-13-18(21)15-9-11-16(12-10-15)20(2)27(3,23)24/h4-12,14H,13H2,1-3H3/t14-/m0/s1. The van der Waals surface area contributed by atoms with Gasteiger partial charge in [-0.05, 0) is 43.3 Å². The van der Waals surface area contributed by atoms with Crippen molar-refractivity contribution in [1.29, 1.82) is 0 Å². The number of rotatable bonds is 8. The molecule has 8 heteroatoms. The molecule has 0 bridgehead atoms. The second-order valence-electron chi connectivity index (χ2n) is 5.88. The van der Waals surface area contributed by atoms with Crippen LogP contribution in [0.4, 0.5) is 5.69 Å². The summed E-state index contributed by atoms with van der Waals surface area (Å²) in [6, 6.07) is 15.5. The molecule has 0 N–H and O–H groups in total. The minimum absolute atomic E-state index is 0.344. The minimum Gasteiger partial charge on any atom is -0.456 e. The Hall–Kier alpha value is -2.32. The highest BCUT2D eigenvalue weighted by Crippen LogP contribution is 2.23. The number of benzene rings is 2. The molecule has 0 fully saturated rings. The maximum Gasteiger partial charge on any atom is 0.319 e. The van der Waals surface area contributed by atoms with E-state index in [1.807, 2.05) is 30.3 Å². The van der Waals surface area contributed by atoms with Crippen molar-refractivity contribution in [2.45, 2.75) is 17.1 Å². The first-order valence-corrected chi connectivity index (χ1v) is 10.9. The maximum atomic E-state index is 12.2. The summed E-state index contributed by atoms with van der Waals surface area (Å²) in [5.74, 6) is -0.820. The molecule has 1 atom stereocenters. The van der Waals surface area contributed by atoms with E-state index in [2.05, 4.69) is 0 Å². The Bertz CT molecular complexity index is 895. The fourth-order valence-electron chi connectivity index (χ4n) is 2.14. The maximum absolute atomic E-state index is 12.2. The molecule has 2 aromatic rings. The van der Waals surface area contributed by atoms with Gasteiger partial charge < -0.3 is 4.74 Å². The molecule has 0 radical (unpaired) electrons. The van der Waals surface area contributed by atoms with Crippen LogP contribution in [0, 0.1) is 0 Å². The molecule has 144 valence electrons. The average Bonchev–Trinajstić information content (AvgIpc) is 2.65. The molecule has 0 aromatic heterocycles. The topological polar surface area (TPSA) is 80.8 Å². The Labute approximate surface area is 163 Å². The van der Waals surface area contributed by atoms with Crippen molar-refractivity contribution in [2.24, 2.45) is 0 Å². The van der Waals surface area contributed by atoms with Gasteiger partial charge in [-0.3, -0.25) is 13.9 Å². The Kier molecular flexibility index (Phi) is 7.04. The highest BCUT2D eigenvalue weighted by molar-refractivity contribution is 8.00. The Morgan fingerprint density at radius 2 is 1.67 bits per heavy atom. The SMILES string of the molecule is C[C@H](Sc1ccccc1)C(=O)OCC(=O)c1ccc(N(C)S(C)(=O)=O)cc1. The van der Waals surface area contributed by atoms with Crippen molar-refractivity contribution in [3.63, 3.8) is 0 Å². The lowest BCUT2D eigenvalue weighted by molar-refractivity contribution is -0.141.